The van der Waals surface area contributed by atoms with Gasteiger partial charge in [-0.2, -0.15) is 0 Å². The van der Waals surface area contributed by atoms with Crippen molar-refractivity contribution in [3.63, 3.8) is 0 Å². The third-order valence-corrected chi connectivity index (χ3v) is 6.87. The van der Waals surface area contributed by atoms with Crippen molar-refractivity contribution in [2.45, 2.75) is 116 Å². The summed E-state index contributed by atoms with van der Waals surface area (Å²) in [5.74, 6) is -0.819. The molecule has 10 heteroatoms. The van der Waals surface area contributed by atoms with E-state index in [4.69, 9.17) is 18.5 Å². The first-order valence-corrected chi connectivity index (χ1v) is 15.8. The van der Waals surface area contributed by atoms with Crippen LogP contribution in [0, 0.1) is 0 Å². The Bertz CT molecular complexity index is 638. The molecular weight excluding hydrogens is 497 g/mol. The van der Waals surface area contributed by atoms with Gasteiger partial charge >= 0.3 is 19.8 Å². The van der Waals surface area contributed by atoms with E-state index in [1.807, 2.05) is 21.1 Å². The minimum atomic E-state index is -4.33. The Hall–Kier alpha value is -0.990. The number of carbonyl (C=O) groups excluding carboxylic acids is 2. The largest absolute Gasteiger partial charge is 0.472 e. The Morgan fingerprint density at radius 1 is 0.730 bits per heavy atom. The van der Waals surface area contributed by atoms with Crippen LogP contribution in [-0.2, 0) is 32.7 Å². The first-order valence-electron chi connectivity index (χ1n) is 14.3. The Kier molecular flexibility index (Phi) is 21.3. The maximum absolute atomic E-state index is 12.3. The molecule has 0 saturated carbocycles. The number of phosphoric acid groups is 1. The van der Waals surface area contributed by atoms with Gasteiger partial charge in [0.2, 0.25) is 0 Å². The molecule has 2 atom stereocenters. The molecule has 0 amide bonds. The maximum atomic E-state index is 12.3. The normalized spacial score (nSPS) is 14.2. The molecule has 0 aromatic heterocycles. The standard InChI is InChI=1S/C27H54NO8P/c1-6-8-10-12-13-14-16-17-19-26(29)33-23-25(36-27(30)20-18-15-11-9-7-2)24-35-37(31,32)34-22-21-28(3,4)5/h25H,6-24H2,1-5H3/p+1/t25-/m0/s1. The van der Waals surface area contributed by atoms with Crippen LogP contribution >= 0.6 is 7.82 Å². The molecule has 0 rings (SSSR count). The average Bonchev–Trinajstić information content (AvgIpc) is 2.81. The minimum absolute atomic E-state index is 0.0348. The molecule has 1 unspecified atom stereocenters. The number of unbranched alkanes of at least 4 members (excludes halogenated alkanes) is 11. The molecule has 0 bridgehead atoms. The molecule has 0 aliphatic carbocycles. The van der Waals surface area contributed by atoms with E-state index >= 15 is 0 Å². The number of ether oxygens (including phenoxy) is 2. The highest BCUT2D eigenvalue weighted by atomic mass is 31.2. The van der Waals surface area contributed by atoms with Crippen molar-refractivity contribution >= 4 is 19.8 Å². The molecule has 0 fully saturated rings. The number of hydrogen-bond acceptors (Lipinski definition) is 7. The Morgan fingerprint density at radius 3 is 1.73 bits per heavy atom. The monoisotopic (exact) mass is 552 g/mol. The van der Waals surface area contributed by atoms with Gasteiger partial charge in [0.1, 0.15) is 19.8 Å². The van der Waals surface area contributed by atoms with E-state index in [0.29, 0.717) is 23.9 Å². The van der Waals surface area contributed by atoms with Crippen LogP contribution in [0.15, 0.2) is 0 Å². The van der Waals surface area contributed by atoms with Crippen molar-refractivity contribution in [3.05, 3.63) is 0 Å². The van der Waals surface area contributed by atoms with E-state index in [2.05, 4.69) is 13.8 Å². The van der Waals surface area contributed by atoms with Gasteiger partial charge in [0.15, 0.2) is 6.10 Å². The predicted molar refractivity (Wildman–Crippen MR) is 146 cm³/mol. The lowest BCUT2D eigenvalue weighted by Gasteiger charge is -2.24. The minimum Gasteiger partial charge on any atom is -0.462 e. The molecule has 37 heavy (non-hydrogen) atoms. The summed E-state index contributed by atoms with van der Waals surface area (Å²) in [7, 11) is 1.48. The van der Waals surface area contributed by atoms with Crippen molar-refractivity contribution in [3.8, 4) is 0 Å². The van der Waals surface area contributed by atoms with Crippen LogP contribution < -0.4 is 0 Å². The zero-order valence-electron chi connectivity index (χ0n) is 24.2. The maximum Gasteiger partial charge on any atom is 0.472 e. The molecule has 1 N–H and O–H groups in total. The van der Waals surface area contributed by atoms with Crippen LogP contribution in [0.5, 0.6) is 0 Å². The number of esters is 2. The Balaban J connectivity index is 4.54. The number of phosphoric ester groups is 1. The molecule has 0 spiro atoms. The molecule has 0 radical (unpaired) electrons. The summed E-state index contributed by atoms with van der Waals surface area (Å²) in [6.45, 7) is 4.25. The second-order valence-electron chi connectivity index (χ2n) is 10.8. The summed E-state index contributed by atoms with van der Waals surface area (Å²) in [5, 5.41) is 0. The van der Waals surface area contributed by atoms with E-state index in [1.165, 1.54) is 32.1 Å². The van der Waals surface area contributed by atoms with E-state index in [1.54, 1.807) is 0 Å². The summed E-state index contributed by atoms with van der Waals surface area (Å²) >= 11 is 0. The molecular formula is C27H55NO8P+. The molecule has 0 aromatic rings. The fraction of sp³-hybridized carbons (Fsp3) is 0.926. The lowest BCUT2D eigenvalue weighted by atomic mass is 10.1. The molecule has 0 saturated heterocycles. The van der Waals surface area contributed by atoms with Gasteiger partial charge in [0.05, 0.1) is 27.7 Å². The predicted octanol–water partition coefficient (Wildman–Crippen LogP) is 6.17. The number of rotatable bonds is 25. The summed E-state index contributed by atoms with van der Waals surface area (Å²) in [6, 6.07) is 0. The molecule has 0 aliphatic heterocycles. The number of nitrogens with zero attached hydrogens (tertiary/aromatic N) is 1. The van der Waals surface area contributed by atoms with Crippen molar-refractivity contribution in [2.75, 3.05) is 47.5 Å². The molecule has 220 valence electrons. The number of carbonyl (C=O) groups is 2. The fourth-order valence-corrected chi connectivity index (χ4v) is 4.28. The van der Waals surface area contributed by atoms with Crippen LogP contribution in [-0.4, -0.2) is 74.9 Å². The van der Waals surface area contributed by atoms with Gasteiger partial charge < -0.3 is 18.9 Å². The first kappa shape index (κ1) is 36.0. The van der Waals surface area contributed by atoms with Gasteiger partial charge in [-0.25, -0.2) is 4.57 Å². The molecule has 0 aliphatic rings. The van der Waals surface area contributed by atoms with E-state index in [9.17, 15) is 19.0 Å². The lowest BCUT2D eigenvalue weighted by Crippen LogP contribution is -2.37. The van der Waals surface area contributed by atoms with Gasteiger partial charge in [0.25, 0.3) is 0 Å². The van der Waals surface area contributed by atoms with Crippen molar-refractivity contribution in [1.82, 2.24) is 0 Å². The number of hydrogen-bond donors (Lipinski definition) is 1. The van der Waals surface area contributed by atoms with E-state index in [0.717, 1.165) is 44.9 Å². The van der Waals surface area contributed by atoms with Crippen molar-refractivity contribution in [1.29, 1.82) is 0 Å². The summed E-state index contributed by atoms with van der Waals surface area (Å²) in [4.78, 5) is 34.5. The molecule has 9 nitrogen and oxygen atoms in total. The first-order chi connectivity index (χ1) is 17.5. The van der Waals surface area contributed by atoms with Crippen LogP contribution in [0.25, 0.3) is 0 Å². The van der Waals surface area contributed by atoms with Crippen molar-refractivity contribution in [2.24, 2.45) is 0 Å². The summed E-state index contributed by atoms with van der Waals surface area (Å²) < 4.78 is 33.6. The zero-order valence-corrected chi connectivity index (χ0v) is 25.1. The fourth-order valence-electron chi connectivity index (χ4n) is 3.54. The van der Waals surface area contributed by atoms with Crippen LogP contribution in [0.2, 0.25) is 0 Å². The van der Waals surface area contributed by atoms with Crippen molar-refractivity contribution < 1.29 is 42.1 Å². The zero-order chi connectivity index (χ0) is 28.0. The highest BCUT2D eigenvalue weighted by Crippen LogP contribution is 2.43. The van der Waals surface area contributed by atoms with Crippen LogP contribution in [0.1, 0.15) is 110 Å². The van der Waals surface area contributed by atoms with Gasteiger partial charge in [-0.1, -0.05) is 84.5 Å². The molecule has 0 heterocycles. The highest BCUT2D eigenvalue weighted by Gasteiger charge is 2.27. The Morgan fingerprint density at radius 2 is 1.22 bits per heavy atom. The van der Waals surface area contributed by atoms with Gasteiger partial charge in [-0.3, -0.25) is 18.6 Å². The van der Waals surface area contributed by atoms with Gasteiger partial charge in [0, 0.05) is 12.8 Å². The Labute approximate surface area is 225 Å². The average molecular weight is 553 g/mol. The molecule has 0 aromatic carbocycles. The van der Waals surface area contributed by atoms with Crippen LogP contribution in [0.4, 0.5) is 0 Å². The quantitative estimate of drug-likeness (QED) is 0.0620. The second kappa shape index (κ2) is 21.9. The third kappa shape index (κ3) is 25.1. The number of likely N-dealkylation sites (N-methyl/N-ethyl adjacent to an activating group) is 1. The smallest absolute Gasteiger partial charge is 0.462 e. The second-order valence-corrected chi connectivity index (χ2v) is 12.2. The number of quaternary nitrogens is 1. The van der Waals surface area contributed by atoms with E-state index < -0.39 is 26.5 Å². The van der Waals surface area contributed by atoms with E-state index in [-0.39, 0.29) is 25.6 Å². The summed E-state index contributed by atoms with van der Waals surface area (Å²) in [6.07, 6.45) is 13.5. The van der Waals surface area contributed by atoms with Crippen LogP contribution in [0.3, 0.4) is 0 Å². The van der Waals surface area contributed by atoms with Gasteiger partial charge in [-0.05, 0) is 12.8 Å². The summed E-state index contributed by atoms with van der Waals surface area (Å²) in [5.41, 5.74) is 0. The highest BCUT2D eigenvalue weighted by molar-refractivity contribution is 7.47. The topological polar surface area (TPSA) is 108 Å². The SMILES string of the molecule is CCCCCCCCCCC(=O)OC[C@@H](COP(=O)(O)OCC[N+](C)(C)C)OC(=O)CCCCCCC. The third-order valence-electron chi connectivity index (χ3n) is 5.89. The lowest BCUT2D eigenvalue weighted by molar-refractivity contribution is -0.870. The van der Waals surface area contributed by atoms with Gasteiger partial charge in [-0.15, -0.1) is 0 Å².